The van der Waals surface area contributed by atoms with Gasteiger partial charge in [0.25, 0.3) is 0 Å². The van der Waals surface area contributed by atoms with Crippen molar-refractivity contribution in [3.05, 3.63) is 35.2 Å². The van der Waals surface area contributed by atoms with Gasteiger partial charge in [0.15, 0.2) is 6.29 Å². The van der Waals surface area contributed by atoms with E-state index in [1.54, 1.807) is 0 Å². The fraction of sp³-hybridized carbons (Fsp3) is 0. The Kier molecular flexibility index (Phi) is 2.27. The number of hydrogen-bond donors (Lipinski definition) is 0. The topological polar surface area (TPSA) is 42.9 Å². The molecule has 78 valence electrons. The Morgan fingerprint density at radius 2 is 2.06 bits per heavy atom. The Morgan fingerprint density at radius 3 is 2.88 bits per heavy atom. The van der Waals surface area contributed by atoms with Gasteiger partial charge in [0.1, 0.15) is 11.0 Å². The van der Waals surface area contributed by atoms with Crippen molar-refractivity contribution in [1.82, 2.24) is 8.75 Å². The van der Waals surface area contributed by atoms with Gasteiger partial charge in [0.2, 0.25) is 0 Å². The standard InChI is InChI=1S/C11H6N2OS2/c14-6-7-4-5-10(15-7)8-2-1-3-9-11(8)13-16-12-9/h1-6H. The van der Waals surface area contributed by atoms with Crippen molar-refractivity contribution in [2.24, 2.45) is 0 Å². The Balaban J connectivity index is 2.24. The SMILES string of the molecule is O=Cc1ccc(-c2cccc3nsnc23)s1. The molecule has 0 aliphatic heterocycles. The number of thiophene rings is 1. The van der Waals surface area contributed by atoms with Crippen molar-refractivity contribution >= 4 is 40.4 Å². The molecule has 2 aromatic heterocycles. The van der Waals surface area contributed by atoms with Crippen molar-refractivity contribution in [3.8, 4) is 10.4 Å². The van der Waals surface area contributed by atoms with E-state index in [2.05, 4.69) is 8.75 Å². The largest absolute Gasteiger partial charge is 0.297 e. The first-order valence-corrected chi connectivity index (χ1v) is 6.20. The lowest BCUT2D eigenvalue weighted by atomic mass is 10.1. The van der Waals surface area contributed by atoms with Gasteiger partial charge in [-0.05, 0) is 18.2 Å². The number of aromatic nitrogens is 2. The molecule has 0 saturated heterocycles. The number of benzene rings is 1. The van der Waals surface area contributed by atoms with Crippen LogP contribution in [0.4, 0.5) is 0 Å². The molecule has 0 aliphatic carbocycles. The number of rotatable bonds is 2. The molecule has 0 N–H and O–H groups in total. The van der Waals surface area contributed by atoms with E-state index in [4.69, 9.17) is 0 Å². The minimum Gasteiger partial charge on any atom is -0.297 e. The van der Waals surface area contributed by atoms with Crippen molar-refractivity contribution in [1.29, 1.82) is 0 Å². The third-order valence-electron chi connectivity index (χ3n) is 2.29. The summed E-state index contributed by atoms with van der Waals surface area (Å²) in [6.07, 6.45) is 0.869. The van der Waals surface area contributed by atoms with E-state index < -0.39 is 0 Å². The summed E-state index contributed by atoms with van der Waals surface area (Å²) in [5.41, 5.74) is 2.86. The summed E-state index contributed by atoms with van der Waals surface area (Å²) in [4.78, 5) is 12.4. The molecule has 0 fully saturated rings. The first-order valence-electron chi connectivity index (χ1n) is 4.65. The predicted octanol–water partition coefficient (Wildman–Crippen LogP) is 3.23. The van der Waals surface area contributed by atoms with E-state index in [9.17, 15) is 4.79 Å². The Bertz CT molecular complexity index is 657. The number of carbonyl (C=O) groups excluding carboxylic acids is 1. The molecule has 0 bridgehead atoms. The molecule has 0 atom stereocenters. The zero-order valence-electron chi connectivity index (χ0n) is 8.08. The molecule has 0 aliphatic rings. The van der Waals surface area contributed by atoms with Gasteiger partial charge in [-0.1, -0.05) is 12.1 Å². The van der Waals surface area contributed by atoms with Crippen LogP contribution in [0.2, 0.25) is 0 Å². The van der Waals surface area contributed by atoms with E-state index >= 15 is 0 Å². The summed E-state index contributed by atoms with van der Waals surface area (Å²) >= 11 is 2.68. The molecule has 0 spiro atoms. The van der Waals surface area contributed by atoms with Crippen LogP contribution in [0.5, 0.6) is 0 Å². The monoisotopic (exact) mass is 246 g/mol. The van der Waals surface area contributed by atoms with Crippen LogP contribution in [0.1, 0.15) is 9.67 Å². The van der Waals surface area contributed by atoms with Crippen LogP contribution in [0.25, 0.3) is 21.5 Å². The fourth-order valence-corrected chi connectivity index (χ4v) is 2.96. The van der Waals surface area contributed by atoms with E-state index in [-0.39, 0.29) is 0 Å². The average Bonchev–Trinajstić information content (AvgIpc) is 2.97. The van der Waals surface area contributed by atoms with Crippen molar-refractivity contribution in [2.45, 2.75) is 0 Å². The Morgan fingerprint density at radius 1 is 1.12 bits per heavy atom. The highest BCUT2D eigenvalue weighted by atomic mass is 32.1. The molecule has 0 saturated carbocycles. The maximum absolute atomic E-state index is 10.6. The summed E-state index contributed by atoms with van der Waals surface area (Å²) in [5.74, 6) is 0. The number of fused-ring (bicyclic) bond motifs is 1. The molecule has 2 heterocycles. The average molecular weight is 246 g/mol. The number of nitrogens with zero attached hydrogens (tertiary/aromatic N) is 2. The lowest BCUT2D eigenvalue weighted by molar-refractivity contribution is 0.112. The van der Waals surface area contributed by atoms with Crippen molar-refractivity contribution < 1.29 is 4.79 Å². The number of carbonyl (C=O) groups is 1. The highest BCUT2D eigenvalue weighted by Gasteiger charge is 2.09. The minimum absolute atomic E-state index is 0.732. The predicted molar refractivity (Wildman–Crippen MR) is 66.1 cm³/mol. The molecule has 5 heteroatoms. The van der Waals surface area contributed by atoms with Gasteiger partial charge in [-0.25, -0.2) is 0 Å². The van der Waals surface area contributed by atoms with Gasteiger partial charge >= 0.3 is 0 Å². The molecule has 3 nitrogen and oxygen atoms in total. The van der Waals surface area contributed by atoms with Crippen LogP contribution in [0.15, 0.2) is 30.3 Å². The second-order valence-corrected chi connectivity index (χ2v) is 4.90. The number of hydrogen-bond acceptors (Lipinski definition) is 5. The first kappa shape index (κ1) is 9.62. The molecule has 3 aromatic rings. The fourth-order valence-electron chi connectivity index (χ4n) is 1.57. The molecule has 0 unspecified atom stereocenters. The van der Waals surface area contributed by atoms with Gasteiger partial charge in [-0.15, -0.1) is 11.3 Å². The van der Waals surface area contributed by atoms with E-state index in [0.29, 0.717) is 0 Å². The van der Waals surface area contributed by atoms with Crippen LogP contribution < -0.4 is 0 Å². The highest BCUT2D eigenvalue weighted by molar-refractivity contribution is 7.17. The zero-order valence-corrected chi connectivity index (χ0v) is 9.72. The van der Waals surface area contributed by atoms with Gasteiger partial charge in [0.05, 0.1) is 16.6 Å². The van der Waals surface area contributed by atoms with Gasteiger partial charge < -0.3 is 0 Å². The maximum Gasteiger partial charge on any atom is 0.160 e. The molecule has 0 radical (unpaired) electrons. The maximum atomic E-state index is 10.6. The third kappa shape index (κ3) is 1.45. The summed E-state index contributed by atoms with van der Waals surface area (Å²) in [6.45, 7) is 0. The molecule has 16 heavy (non-hydrogen) atoms. The zero-order chi connectivity index (χ0) is 11.0. The quantitative estimate of drug-likeness (QED) is 0.652. The lowest BCUT2D eigenvalue weighted by Crippen LogP contribution is -1.75. The summed E-state index contributed by atoms with van der Waals surface area (Å²) in [7, 11) is 0. The van der Waals surface area contributed by atoms with Crippen LogP contribution in [-0.2, 0) is 0 Å². The summed E-state index contributed by atoms with van der Waals surface area (Å²) in [6, 6.07) is 9.67. The minimum atomic E-state index is 0.732. The summed E-state index contributed by atoms with van der Waals surface area (Å²) < 4.78 is 8.48. The smallest absolute Gasteiger partial charge is 0.160 e. The van der Waals surface area contributed by atoms with E-state index in [1.165, 1.54) is 23.1 Å². The van der Waals surface area contributed by atoms with E-state index in [1.807, 2.05) is 30.3 Å². The first-order chi connectivity index (χ1) is 7.88. The Labute approximate surface area is 99.7 Å². The van der Waals surface area contributed by atoms with Crippen LogP contribution in [-0.4, -0.2) is 15.0 Å². The molecule has 1 aromatic carbocycles. The lowest BCUT2D eigenvalue weighted by Gasteiger charge is -1.96. The Hall–Kier alpha value is -1.59. The molecular formula is C11H6N2OS2. The number of aldehydes is 1. The molecular weight excluding hydrogens is 240 g/mol. The summed E-state index contributed by atoms with van der Waals surface area (Å²) in [5, 5.41) is 0. The second-order valence-electron chi connectivity index (χ2n) is 3.26. The van der Waals surface area contributed by atoms with E-state index in [0.717, 1.165) is 32.6 Å². The second kappa shape index (κ2) is 3.77. The van der Waals surface area contributed by atoms with Crippen molar-refractivity contribution in [2.75, 3.05) is 0 Å². The van der Waals surface area contributed by atoms with Crippen LogP contribution >= 0.6 is 23.1 Å². The van der Waals surface area contributed by atoms with Gasteiger partial charge in [0, 0.05) is 10.4 Å². The molecule has 3 rings (SSSR count). The van der Waals surface area contributed by atoms with Crippen molar-refractivity contribution in [3.63, 3.8) is 0 Å². The third-order valence-corrected chi connectivity index (χ3v) is 3.88. The van der Waals surface area contributed by atoms with Gasteiger partial charge in [-0.2, -0.15) is 8.75 Å². The highest BCUT2D eigenvalue weighted by Crippen LogP contribution is 2.32. The van der Waals surface area contributed by atoms with Crippen LogP contribution in [0, 0.1) is 0 Å². The van der Waals surface area contributed by atoms with Gasteiger partial charge in [-0.3, -0.25) is 4.79 Å². The normalized spacial score (nSPS) is 10.8. The van der Waals surface area contributed by atoms with Crippen LogP contribution in [0.3, 0.4) is 0 Å². The molecule has 0 amide bonds.